The molecule has 1 aromatic rings. The molecular formula is C13H13BrN2O3. The van der Waals surface area contributed by atoms with Gasteiger partial charge in [0.2, 0.25) is 0 Å². The van der Waals surface area contributed by atoms with E-state index in [2.05, 4.69) is 26.7 Å². The van der Waals surface area contributed by atoms with Crippen LogP contribution in [0.4, 0.5) is 5.69 Å². The summed E-state index contributed by atoms with van der Waals surface area (Å²) in [6.45, 7) is 1.45. The van der Waals surface area contributed by atoms with Crippen molar-refractivity contribution in [2.75, 3.05) is 31.7 Å². The number of hydrogen-bond acceptors (Lipinski definition) is 5. The molecule has 2 rings (SSSR count). The molecule has 0 aromatic heterocycles. The Bertz CT molecular complexity index is 527. The number of nitrogens with zero attached hydrogens (tertiary/aromatic N) is 2. The molecule has 1 heterocycles. The van der Waals surface area contributed by atoms with Crippen LogP contribution in [0.2, 0.25) is 0 Å². The van der Waals surface area contributed by atoms with Gasteiger partial charge in [-0.25, -0.2) is 4.79 Å². The lowest BCUT2D eigenvalue weighted by Gasteiger charge is -2.33. The summed E-state index contributed by atoms with van der Waals surface area (Å²) in [7, 11) is 1.34. The minimum Gasteiger partial charge on any atom is -0.467 e. The molecule has 1 aliphatic rings. The highest BCUT2D eigenvalue weighted by Gasteiger charge is 2.28. The lowest BCUT2D eigenvalue weighted by Crippen LogP contribution is -2.46. The topological polar surface area (TPSA) is 62.6 Å². The Hall–Kier alpha value is -1.58. The average Bonchev–Trinajstić information content (AvgIpc) is 2.46. The molecule has 1 atom stereocenters. The second kappa shape index (κ2) is 6.04. The normalized spacial score (nSPS) is 18.8. The standard InChI is InChI=1S/C13H13BrN2O3/c1-18-13(17)12-8-16(5-6-19-12)11-4-2-3-10(14)9(11)7-15/h2-4,12H,5-6,8H2,1H3. The van der Waals surface area contributed by atoms with E-state index in [-0.39, 0.29) is 0 Å². The molecule has 0 bridgehead atoms. The Morgan fingerprint density at radius 3 is 3.11 bits per heavy atom. The van der Waals surface area contributed by atoms with Gasteiger partial charge < -0.3 is 14.4 Å². The van der Waals surface area contributed by atoms with Gasteiger partial charge in [0.05, 0.1) is 31.5 Å². The summed E-state index contributed by atoms with van der Waals surface area (Å²) in [5, 5.41) is 9.22. The first kappa shape index (κ1) is 13.8. The van der Waals surface area contributed by atoms with Crippen LogP contribution in [0, 0.1) is 11.3 Å². The highest BCUT2D eigenvalue weighted by Crippen LogP contribution is 2.28. The van der Waals surface area contributed by atoms with Crippen LogP contribution in [0.1, 0.15) is 5.56 Å². The van der Waals surface area contributed by atoms with Crippen molar-refractivity contribution in [1.82, 2.24) is 0 Å². The maximum atomic E-state index is 11.5. The Morgan fingerprint density at radius 2 is 2.42 bits per heavy atom. The third-order valence-electron chi connectivity index (χ3n) is 2.97. The first-order valence-electron chi connectivity index (χ1n) is 5.80. The van der Waals surface area contributed by atoms with E-state index in [0.29, 0.717) is 25.3 Å². The number of esters is 1. The van der Waals surface area contributed by atoms with Crippen LogP contribution in [-0.2, 0) is 14.3 Å². The lowest BCUT2D eigenvalue weighted by atomic mass is 10.1. The quantitative estimate of drug-likeness (QED) is 0.775. The van der Waals surface area contributed by atoms with Crippen LogP contribution in [0.15, 0.2) is 22.7 Å². The van der Waals surface area contributed by atoms with Crippen molar-refractivity contribution in [2.24, 2.45) is 0 Å². The van der Waals surface area contributed by atoms with Gasteiger partial charge in [0.25, 0.3) is 0 Å². The molecule has 0 radical (unpaired) electrons. The van der Waals surface area contributed by atoms with Crippen molar-refractivity contribution in [3.63, 3.8) is 0 Å². The van der Waals surface area contributed by atoms with Gasteiger partial charge in [-0.2, -0.15) is 5.26 Å². The minimum absolute atomic E-state index is 0.387. The number of halogens is 1. The van der Waals surface area contributed by atoms with E-state index in [1.165, 1.54) is 7.11 Å². The minimum atomic E-state index is -0.607. The van der Waals surface area contributed by atoms with E-state index in [1.807, 2.05) is 23.1 Å². The van der Waals surface area contributed by atoms with Crippen LogP contribution in [0.3, 0.4) is 0 Å². The van der Waals surface area contributed by atoms with E-state index >= 15 is 0 Å². The predicted octanol–water partition coefficient (Wildman–Crippen LogP) is 1.70. The molecular weight excluding hydrogens is 312 g/mol. The van der Waals surface area contributed by atoms with Crippen LogP contribution in [0.25, 0.3) is 0 Å². The second-order valence-electron chi connectivity index (χ2n) is 4.07. The number of hydrogen-bond donors (Lipinski definition) is 0. The largest absolute Gasteiger partial charge is 0.467 e. The Labute approximate surface area is 119 Å². The monoisotopic (exact) mass is 324 g/mol. The molecule has 5 nitrogen and oxygen atoms in total. The number of methoxy groups -OCH3 is 1. The van der Waals surface area contributed by atoms with Crippen molar-refractivity contribution in [3.05, 3.63) is 28.2 Å². The molecule has 0 aliphatic carbocycles. The van der Waals surface area contributed by atoms with E-state index in [9.17, 15) is 10.1 Å². The molecule has 1 saturated heterocycles. The molecule has 1 fully saturated rings. The van der Waals surface area contributed by atoms with Crippen LogP contribution in [-0.4, -0.2) is 38.9 Å². The average molecular weight is 325 g/mol. The SMILES string of the molecule is COC(=O)C1CN(c2cccc(Br)c2C#N)CCO1. The first-order chi connectivity index (χ1) is 9.17. The van der Waals surface area contributed by atoms with Crippen molar-refractivity contribution in [1.29, 1.82) is 5.26 Å². The molecule has 0 saturated carbocycles. The number of morpholine rings is 1. The molecule has 100 valence electrons. The van der Waals surface area contributed by atoms with Crippen LogP contribution in [0.5, 0.6) is 0 Å². The fourth-order valence-electron chi connectivity index (χ4n) is 2.03. The van der Waals surface area contributed by atoms with Gasteiger partial charge in [0.1, 0.15) is 6.07 Å². The lowest BCUT2D eigenvalue weighted by molar-refractivity contribution is -0.154. The van der Waals surface area contributed by atoms with Crippen LogP contribution >= 0.6 is 15.9 Å². The smallest absolute Gasteiger partial charge is 0.336 e. The Balaban J connectivity index is 2.25. The van der Waals surface area contributed by atoms with Gasteiger partial charge in [0, 0.05) is 11.0 Å². The Kier molecular flexibility index (Phi) is 4.40. The van der Waals surface area contributed by atoms with E-state index in [4.69, 9.17) is 4.74 Å². The summed E-state index contributed by atoms with van der Waals surface area (Å²) in [6.07, 6.45) is -0.607. The molecule has 0 spiro atoms. The third kappa shape index (κ3) is 2.88. The zero-order valence-electron chi connectivity index (χ0n) is 10.4. The second-order valence-corrected chi connectivity index (χ2v) is 4.93. The molecule has 1 unspecified atom stereocenters. The van der Waals surface area contributed by atoms with Crippen LogP contribution < -0.4 is 4.90 Å². The first-order valence-corrected chi connectivity index (χ1v) is 6.59. The highest BCUT2D eigenvalue weighted by atomic mass is 79.9. The van der Waals surface area contributed by atoms with E-state index in [0.717, 1.165) is 10.2 Å². The van der Waals surface area contributed by atoms with Crippen molar-refractivity contribution >= 4 is 27.6 Å². The maximum Gasteiger partial charge on any atom is 0.336 e. The number of nitriles is 1. The van der Waals surface area contributed by atoms with Crippen molar-refractivity contribution in [3.8, 4) is 6.07 Å². The summed E-state index contributed by atoms with van der Waals surface area (Å²) >= 11 is 3.36. The van der Waals surface area contributed by atoms with Gasteiger partial charge in [-0.3, -0.25) is 0 Å². The van der Waals surface area contributed by atoms with Gasteiger partial charge in [-0.1, -0.05) is 6.07 Å². The fraction of sp³-hybridized carbons (Fsp3) is 0.385. The number of carbonyl (C=O) groups excluding carboxylic acids is 1. The molecule has 6 heteroatoms. The van der Waals surface area contributed by atoms with Crippen molar-refractivity contribution in [2.45, 2.75) is 6.10 Å². The molecule has 0 amide bonds. The summed E-state index contributed by atoms with van der Waals surface area (Å²) in [4.78, 5) is 13.5. The highest BCUT2D eigenvalue weighted by molar-refractivity contribution is 9.10. The fourth-order valence-corrected chi connectivity index (χ4v) is 2.47. The molecule has 0 N–H and O–H groups in total. The molecule has 19 heavy (non-hydrogen) atoms. The van der Waals surface area contributed by atoms with Gasteiger partial charge in [-0.05, 0) is 28.1 Å². The number of benzene rings is 1. The van der Waals surface area contributed by atoms with Gasteiger partial charge in [0.15, 0.2) is 6.10 Å². The molecule has 1 aliphatic heterocycles. The summed E-state index contributed by atoms with van der Waals surface area (Å²) in [6, 6.07) is 7.72. The van der Waals surface area contributed by atoms with Crippen molar-refractivity contribution < 1.29 is 14.3 Å². The van der Waals surface area contributed by atoms with E-state index < -0.39 is 12.1 Å². The number of rotatable bonds is 2. The molecule has 1 aromatic carbocycles. The number of anilines is 1. The van der Waals surface area contributed by atoms with Gasteiger partial charge in [-0.15, -0.1) is 0 Å². The van der Waals surface area contributed by atoms with Gasteiger partial charge >= 0.3 is 5.97 Å². The third-order valence-corrected chi connectivity index (χ3v) is 3.64. The predicted molar refractivity (Wildman–Crippen MR) is 72.8 cm³/mol. The summed E-state index contributed by atoms with van der Waals surface area (Å²) < 4.78 is 10.8. The Morgan fingerprint density at radius 1 is 1.63 bits per heavy atom. The maximum absolute atomic E-state index is 11.5. The number of ether oxygens (including phenoxy) is 2. The summed E-state index contributed by atoms with van der Waals surface area (Å²) in [5.41, 5.74) is 1.36. The zero-order valence-corrected chi connectivity index (χ0v) is 12.0. The zero-order chi connectivity index (χ0) is 13.8. The van der Waals surface area contributed by atoms with E-state index in [1.54, 1.807) is 0 Å². The summed E-state index contributed by atoms with van der Waals surface area (Å²) in [5.74, 6) is -0.391. The number of carbonyl (C=O) groups is 1.